The Morgan fingerprint density at radius 3 is 2.72 bits per heavy atom. The molecule has 1 saturated carbocycles. The van der Waals surface area contributed by atoms with Gasteiger partial charge in [-0.05, 0) is 44.9 Å². The van der Waals surface area contributed by atoms with Gasteiger partial charge in [0.25, 0.3) is 0 Å². The summed E-state index contributed by atoms with van der Waals surface area (Å²) in [5.74, 6) is 1.61. The van der Waals surface area contributed by atoms with Gasteiger partial charge in [0.05, 0.1) is 30.2 Å². The zero-order valence-electron chi connectivity index (χ0n) is 19.4. The number of nitrogens with zero attached hydrogens (tertiary/aromatic N) is 4. The van der Waals surface area contributed by atoms with Gasteiger partial charge in [0.15, 0.2) is 0 Å². The molecule has 1 aliphatic carbocycles. The lowest BCUT2D eigenvalue weighted by atomic mass is 9.83. The first-order valence-corrected chi connectivity index (χ1v) is 12.2. The van der Waals surface area contributed by atoms with Crippen LogP contribution in [-0.4, -0.2) is 76.6 Å². The normalized spacial score (nSPS) is 23.2. The monoisotopic (exact) mass is 443 g/mol. The Balaban J connectivity index is 1.56. The van der Waals surface area contributed by atoms with Crippen LogP contribution in [0.1, 0.15) is 63.9 Å². The summed E-state index contributed by atoms with van der Waals surface area (Å²) in [6.45, 7) is 9.22. The average Bonchev–Trinajstić information content (AvgIpc) is 2.80. The van der Waals surface area contributed by atoms with Crippen molar-refractivity contribution in [3.05, 3.63) is 18.0 Å². The lowest BCUT2D eigenvalue weighted by Gasteiger charge is -2.27. The number of anilines is 1. The molecule has 0 amide bonds. The van der Waals surface area contributed by atoms with Crippen molar-refractivity contribution in [1.29, 1.82) is 0 Å². The molecule has 0 bridgehead atoms. The van der Waals surface area contributed by atoms with Gasteiger partial charge < -0.3 is 19.9 Å². The molecule has 8 heteroatoms. The van der Waals surface area contributed by atoms with Gasteiger partial charge in [-0.3, -0.25) is 4.90 Å². The molecular weight excluding hydrogens is 406 g/mol. The van der Waals surface area contributed by atoms with E-state index >= 15 is 0 Å². The van der Waals surface area contributed by atoms with E-state index in [1.54, 1.807) is 0 Å². The number of nitrogens with one attached hydrogen (secondary N) is 1. The summed E-state index contributed by atoms with van der Waals surface area (Å²) < 4.78 is 11.5. The van der Waals surface area contributed by atoms with Crippen LogP contribution in [0.4, 0.5) is 5.95 Å². The van der Waals surface area contributed by atoms with Crippen molar-refractivity contribution in [2.24, 2.45) is 0 Å². The van der Waals surface area contributed by atoms with Crippen molar-refractivity contribution >= 4 is 16.9 Å². The Morgan fingerprint density at radius 1 is 1.19 bits per heavy atom. The molecule has 2 fully saturated rings. The molecule has 2 aromatic heterocycles. The molecule has 1 saturated heterocycles. The number of pyridine rings is 1. The van der Waals surface area contributed by atoms with E-state index < -0.39 is 0 Å². The van der Waals surface area contributed by atoms with Crippen LogP contribution in [0.2, 0.25) is 0 Å². The molecule has 1 atom stereocenters. The Labute approximate surface area is 190 Å². The third-order valence-corrected chi connectivity index (χ3v) is 6.60. The predicted molar refractivity (Wildman–Crippen MR) is 125 cm³/mol. The topological polar surface area (TPSA) is 92.6 Å². The Bertz CT molecular complexity index is 866. The number of fused-ring (bicyclic) bond motifs is 1. The van der Waals surface area contributed by atoms with Crippen molar-refractivity contribution in [2.45, 2.75) is 70.4 Å². The second-order valence-corrected chi connectivity index (χ2v) is 9.12. The van der Waals surface area contributed by atoms with Gasteiger partial charge in [-0.25, -0.2) is 15.0 Å². The van der Waals surface area contributed by atoms with Gasteiger partial charge in [-0.15, -0.1) is 0 Å². The lowest BCUT2D eigenvalue weighted by molar-refractivity contribution is 0.0321. The first kappa shape index (κ1) is 23.1. The molecule has 176 valence electrons. The summed E-state index contributed by atoms with van der Waals surface area (Å²) in [4.78, 5) is 16.5. The molecule has 4 rings (SSSR count). The molecule has 1 unspecified atom stereocenters. The minimum atomic E-state index is -0.185. The van der Waals surface area contributed by atoms with E-state index in [-0.39, 0.29) is 6.10 Å². The lowest BCUT2D eigenvalue weighted by Crippen LogP contribution is -2.38. The second kappa shape index (κ2) is 11.2. The SMILES string of the molecule is CCCC(C)Nc1ncc2c(OCCN3CCOCC3)ncc([C@H]3CC[C@H](O)CC3)c2n1. The van der Waals surface area contributed by atoms with Crippen LogP contribution in [0.15, 0.2) is 12.4 Å². The maximum atomic E-state index is 9.95. The van der Waals surface area contributed by atoms with E-state index in [1.807, 2.05) is 12.4 Å². The number of ether oxygens (including phenoxy) is 2. The van der Waals surface area contributed by atoms with E-state index in [2.05, 4.69) is 34.0 Å². The third kappa shape index (κ3) is 5.85. The zero-order valence-corrected chi connectivity index (χ0v) is 19.4. The summed E-state index contributed by atoms with van der Waals surface area (Å²) in [6.07, 6.45) is 9.34. The minimum Gasteiger partial charge on any atom is -0.476 e. The predicted octanol–water partition coefficient (Wildman–Crippen LogP) is 3.35. The molecule has 0 spiro atoms. The van der Waals surface area contributed by atoms with E-state index in [4.69, 9.17) is 14.5 Å². The number of aromatic nitrogens is 3. The van der Waals surface area contributed by atoms with Crippen LogP contribution in [0.3, 0.4) is 0 Å². The fourth-order valence-corrected chi connectivity index (χ4v) is 4.71. The molecule has 2 aromatic rings. The van der Waals surface area contributed by atoms with Crippen LogP contribution in [0.25, 0.3) is 10.9 Å². The number of morpholine rings is 1. The number of hydrogen-bond acceptors (Lipinski definition) is 8. The summed E-state index contributed by atoms with van der Waals surface area (Å²) >= 11 is 0. The largest absolute Gasteiger partial charge is 0.476 e. The van der Waals surface area contributed by atoms with Gasteiger partial charge in [0.2, 0.25) is 11.8 Å². The van der Waals surface area contributed by atoms with Crippen LogP contribution in [0.5, 0.6) is 5.88 Å². The number of aliphatic hydroxyl groups is 1. The molecule has 1 aliphatic heterocycles. The highest BCUT2D eigenvalue weighted by atomic mass is 16.5. The first-order chi connectivity index (χ1) is 15.6. The highest BCUT2D eigenvalue weighted by Crippen LogP contribution is 2.37. The second-order valence-electron chi connectivity index (χ2n) is 9.12. The molecule has 2 aliphatic rings. The third-order valence-electron chi connectivity index (χ3n) is 6.60. The first-order valence-electron chi connectivity index (χ1n) is 12.2. The molecule has 0 radical (unpaired) electrons. The van der Waals surface area contributed by atoms with Crippen LogP contribution < -0.4 is 10.1 Å². The highest BCUT2D eigenvalue weighted by molar-refractivity contribution is 5.86. The van der Waals surface area contributed by atoms with Crippen molar-refractivity contribution in [2.75, 3.05) is 44.8 Å². The van der Waals surface area contributed by atoms with Gasteiger partial charge in [0.1, 0.15) is 6.61 Å². The van der Waals surface area contributed by atoms with Crippen LogP contribution in [0, 0.1) is 0 Å². The summed E-state index contributed by atoms with van der Waals surface area (Å²) in [5.41, 5.74) is 2.06. The molecule has 0 aromatic carbocycles. The molecule has 2 N–H and O–H groups in total. The van der Waals surface area contributed by atoms with Crippen molar-refractivity contribution in [1.82, 2.24) is 19.9 Å². The highest BCUT2D eigenvalue weighted by Gasteiger charge is 2.25. The van der Waals surface area contributed by atoms with E-state index in [0.717, 1.165) is 87.8 Å². The van der Waals surface area contributed by atoms with Crippen molar-refractivity contribution < 1.29 is 14.6 Å². The fraction of sp³-hybridized carbons (Fsp3) is 0.708. The van der Waals surface area contributed by atoms with Crippen molar-refractivity contribution in [3.8, 4) is 5.88 Å². The zero-order chi connectivity index (χ0) is 22.3. The maximum Gasteiger partial charge on any atom is 0.224 e. The van der Waals surface area contributed by atoms with Gasteiger partial charge in [-0.2, -0.15) is 0 Å². The Hall–Kier alpha value is -2.03. The smallest absolute Gasteiger partial charge is 0.224 e. The quantitative estimate of drug-likeness (QED) is 0.610. The van der Waals surface area contributed by atoms with Gasteiger partial charge in [0, 0.05) is 43.6 Å². The van der Waals surface area contributed by atoms with E-state index in [0.29, 0.717) is 30.4 Å². The molecule has 32 heavy (non-hydrogen) atoms. The average molecular weight is 444 g/mol. The van der Waals surface area contributed by atoms with Crippen LogP contribution in [-0.2, 0) is 4.74 Å². The van der Waals surface area contributed by atoms with E-state index in [9.17, 15) is 5.11 Å². The number of rotatable bonds is 9. The van der Waals surface area contributed by atoms with Crippen molar-refractivity contribution in [3.63, 3.8) is 0 Å². The maximum absolute atomic E-state index is 9.95. The Kier molecular flexibility index (Phi) is 8.10. The molecule has 3 heterocycles. The summed E-state index contributed by atoms with van der Waals surface area (Å²) in [5, 5.41) is 14.2. The minimum absolute atomic E-state index is 0.185. The standard InChI is InChI=1S/C24H37N5O3/c1-3-4-17(2)27-24-26-16-21-22(28-24)20(18-5-7-19(30)8-6-18)15-25-23(21)32-14-11-29-9-12-31-13-10-29/h15-19,30H,3-14H2,1-2H3,(H,26,27,28)/t17?,18-,19-. The fourth-order valence-electron chi connectivity index (χ4n) is 4.71. The molecule has 8 nitrogen and oxygen atoms in total. The number of hydrogen-bond donors (Lipinski definition) is 2. The number of aliphatic hydroxyl groups excluding tert-OH is 1. The van der Waals surface area contributed by atoms with Crippen LogP contribution >= 0.6 is 0 Å². The summed E-state index contributed by atoms with van der Waals surface area (Å²) in [7, 11) is 0. The van der Waals surface area contributed by atoms with Gasteiger partial charge in [-0.1, -0.05) is 13.3 Å². The Morgan fingerprint density at radius 2 is 1.97 bits per heavy atom. The summed E-state index contributed by atoms with van der Waals surface area (Å²) in [6, 6.07) is 0.316. The van der Waals surface area contributed by atoms with Gasteiger partial charge >= 0.3 is 0 Å². The molecular formula is C24H37N5O3. The van der Waals surface area contributed by atoms with E-state index in [1.165, 1.54) is 0 Å².